The summed E-state index contributed by atoms with van der Waals surface area (Å²) in [6.45, 7) is 0.574. The molecule has 0 unspecified atom stereocenters. The van der Waals surface area contributed by atoms with Crippen LogP contribution in [0.1, 0.15) is 6.92 Å². The van der Waals surface area contributed by atoms with E-state index in [0.717, 1.165) is 6.21 Å². The molecule has 76 valence electrons. The van der Waals surface area contributed by atoms with Gasteiger partial charge in [0.2, 0.25) is 0 Å². The molecule has 6 heteroatoms. The molecule has 0 spiro atoms. The summed E-state index contributed by atoms with van der Waals surface area (Å²) in [6, 6.07) is 0. The summed E-state index contributed by atoms with van der Waals surface area (Å²) in [4.78, 5) is 12.5. The van der Waals surface area contributed by atoms with Crippen LogP contribution in [0.15, 0.2) is 0 Å². The van der Waals surface area contributed by atoms with Crippen molar-refractivity contribution in [3.8, 4) is 0 Å². The molecule has 0 heterocycles. The van der Waals surface area contributed by atoms with Crippen molar-refractivity contribution in [1.29, 1.82) is 0 Å². The van der Waals surface area contributed by atoms with Crippen LogP contribution in [0.25, 0.3) is 0 Å². The van der Waals surface area contributed by atoms with Crippen molar-refractivity contribution in [3.05, 3.63) is 0 Å². The van der Waals surface area contributed by atoms with Crippen molar-refractivity contribution in [3.63, 3.8) is 0 Å². The maximum Gasteiger partial charge on any atom is 0.381 e. The summed E-state index contributed by atoms with van der Waals surface area (Å²) in [5.74, 6) is -0.398. The number of hydrogen-bond donors (Lipinski definition) is 5. The Morgan fingerprint density at radius 3 is 2.38 bits per heavy atom. The fourth-order valence-corrected chi connectivity index (χ4v) is 0.637. The van der Waals surface area contributed by atoms with Gasteiger partial charge in [-0.2, -0.15) is 4.99 Å². The molecule has 0 aromatic carbocycles. The Bertz CT molecular complexity index is 193. The minimum absolute atomic E-state index is 0.398. The zero-order chi connectivity index (χ0) is 10.4. The van der Waals surface area contributed by atoms with Gasteiger partial charge in [-0.05, 0) is 0 Å². The van der Waals surface area contributed by atoms with E-state index in [-0.39, 0.29) is 0 Å². The zero-order valence-electron chi connectivity index (χ0n) is 7.21. The lowest BCUT2D eigenvalue weighted by Crippen LogP contribution is -2.75. The number of carbonyl (C=O) groups excluding carboxylic acids is 1. The summed E-state index contributed by atoms with van der Waals surface area (Å²) in [5.41, 5.74) is 0. The molecule has 13 heavy (non-hydrogen) atoms. The van der Waals surface area contributed by atoms with Crippen LogP contribution in [-0.2, 0) is 4.79 Å². The van der Waals surface area contributed by atoms with Crippen LogP contribution in [0.5, 0.6) is 0 Å². The SMILES string of the molecule is CC(=O)[NH+]=C[C@@H](O)[C@H](O)[C@H](O)CO. The van der Waals surface area contributed by atoms with Crippen molar-refractivity contribution in [1.82, 2.24) is 0 Å². The molecule has 0 aliphatic carbocycles. The van der Waals surface area contributed by atoms with Crippen LogP contribution in [-0.4, -0.2) is 57.5 Å². The van der Waals surface area contributed by atoms with Crippen molar-refractivity contribution in [2.24, 2.45) is 0 Å². The number of amides is 1. The number of aliphatic hydroxyl groups is 4. The maximum absolute atomic E-state index is 10.4. The summed E-state index contributed by atoms with van der Waals surface area (Å²) >= 11 is 0. The monoisotopic (exact) mass is 192 g/mol. The zero-order valence-corrected chi connectivity index (χ0v) is 7.21. The van der Waals surface area contributed by atoms with Crippen molar-refractivity contribution in [2.75, 3.05) is 6.61 Å². The summed E-state index contributed by atoms with van der Waals surface area (Å²) in [6.07, 6.45) is -3.42. The lowest BCUT2D eigenvalue weighted by atomic mass is 10.1. The number of rotatable bonds is 4. The summed E-state index contributed by atoms with van der Waals surface area (Å²) in [5, 5.41) is 35.4. The molecule has 1 amide bonds. The highest BCUT2D eigenvalue weighted by Gasteiger charge is 2.24. The van der Waals surface area contributed by atoms with Gasteiger partial charge in [-0.15, -0.1) is 0 Å². The lowest BCUT2D eigenvalue weighted by molar-refractivity contribution is -0.374. The van der Waals surface area contributed by atoms with Gasteiger partial charge < -0.3 is 20.4 Å². The largest absolute Gasteiger partial charge is 0.394 e. The maximum atomic E-state index is 10.4. The van der Waals surface area contributed by atoms with Crippen LogP contribution in [0, 0.1) is 0 Å². The Labute approximate surface area is 75.2 Å². The third kappa shape index (κ3) is 4.69. The third-order valence-corrected chi connectivity index (χ3v) is 1.39. The summed E-state index contributed by atoms with van der Waals surface area (Å²) < 4.78 is 0. The van der Waals surface area contributed by atoms with E-state index in [9.17, 15) is 4.79 Å². The molecule has 6 nitrogen and oxygen atoms in total. The third-order valence-electron chi connectivity index (χ3n) is 1.39. The van der Waals surface area contributed by atoms with E-state index in [1.165, 1.54) is 6.92 Å². The van der Waals surface area contributed by atoms with E-state index in [4.69, 9.17) is 20.4 Å². The normalized spacial score (nSPS) is 18.5. The van der Waals surface area contributed by atoms with Gasteiger partial charge in [0.05, 0.1) is 13.5 Å². The fraction of sp³-hybridized carbons (Fsp3) is 0.714. The Morgan fingerprint density at radius 1 is 1.46 bits per heavy atom. The van der Waals surface area contributed by atoms with Gasteiger partial charge in [-0.3, -0.25) is 0 Å². The van der Waals surface area contributed by atoms with Crippen LogP contribution in [0.3, 0.4) is 0 Å². The molecule has 0 rings (SSSR count). The molecule has 3 atom stereocenters. The number of carbonyl (C=O) groups is 1. The Hall–Kier alpha value is -0.820. The van der Waals surface area contributed by atoms with Gasteiger partial charge in [0.1, 0.15) is 12.2 Å². The van der Waals surface area contributed by atoms with Crippen molar-refractivity contribution in [2.45, 2.75) is 25.2 Å². The predicted octanol–water partition coefficient (Wildman–Crippen LogP) is -4.24. The topological polar surface area (TPSA) is 112 Å². The molecule has 0 aromatic heterocycles. The standard InChI is InChI=1S/C7H13NO5/c1-4(10)8-2-5(11)7(13)6(12)3-9/h2,5-7,9,11-13H,3H2,1H3/p+1/t5-,6-,7+/m1/s1. The van der Waals surface area contributed by atoms with Crippen molar-refractivity contribution < 1.29 is 30.2 Å². The first-order chi connectivity index (χ1) is 5.99. The van der Waals surface area contributed by atoms with E-state index in [2.05, 4.69) is 4.99 Å². The van der Waals surface area contributed by atoms with E-state index in [1.807, 2.05) is 0 Å². The van der Waals surface area contributed by atoms with Gasteiger partial charge in [-0.25, -0.2) is 4.79 Å². The highest BCUT2D eigenvalue weighted by atomic mass is 16.4. The second-order valence-corrected chi connectivity index (χ2v) is 2.60. The number of hydrogen-bond acceptors (Lipinski definition) is 5. The molecule has 0 aromatic rings. The van der Waals surface area contributed by atoms with E-state index in [0.29, 0.717) is 0 Å². The van der Waals surface area contributed by atoms with E-state index >= 15 is 0 Å². The average molecular weight is 192 g/mol. The van der Waals surface area contributed by atoms with Crippen molar-refractivity contribution >= 4 is 12.1 Å². The van der Waals surface area contributed by atoms with Crippen LogP contribution in [0.2, 0.25) is 0 Å². The van der Waals surface area contributed by atoms with Gasteiger partial charge in [0, 0.05) is 0 Å². The van der Waals surface area contributed by atoms with Gasteiger partial charge in [0.15, 0.2) is 12.3 Å². The predicted molar refractivity (Wildman–Crippen MR) is 42.8 cm³/mol. The molecule has 0 radical (unpaired) electrons. The Kier molecular flexibility index (Phi) is 5.40. The van der Waals surface area contributed by atoms with Crippen LogP contribution in [0.4, 0.5) is 0 Å². The molecule has 5 N–H and O–H groups in total. The molecular weight excluding hydrogens is 178 g/mol. The molecule has 0 aliphatic heterocycles. The molecule has 0 bridgehead atoms. The van der Waals surface area contributed by atoms with E-state index < -0.39 is 30.8 Å². The molecule has 0 fully saturated rings. The highest BCUT2D eigenvalue weighted by molar-refractivity contribution is 5.69. The first kappa shape index (κ1) is 12.2. The van der Waals surface area contributed by atoms with Gasteiger partial charge >= 0.3 is 5.91 Å². The van der Waals surface area contributed by atoms with Crippen LogP contribution >= 0.6 is 0 Å². The highest BCUT2D eigenvalue weighted by Crippen LogP contribution is 1.95. The first-order valence-corrected chi connectivity index (χ1v) is 3.74. The van der Waals surface area contributed by atoms with E-state index in [1.54, 1.807) is 0 Å². The average Bonchev–Trinajstić information content (AvgIpc) is 2.11. The smallest absolute Gasteiger partial charge is 0.381 e. The van der Waals surface area contributed by atoms with Crippen LogP contribution < -0.4 is 4.99 Å². The molecule has 0 saturated heterocycles. The lowest BCUT2D eigenvalue weighted by Gasteiger charge is -2.16. The first-order valence-electron chi connectivity index (χ1n) is 3.74. The molecule has 0 aliphatic rings. The fourth-order valence-electron chi connectivity index (χ4n) is 0.637. The minimum atomic E-state index is -1.52. The van der Waals surface area contributed by atoms with Gasteiger partial charge in [-0.1, -0.05) is 0 Å². The Morgan fingerprint density at radius 2 is 2.00 bits per heavy atom. The number of nitrogens with one attached hydrogen (secondary N) is 1. The minimum Gasteiger partial charge on any atom is -0.394 e. The second kappa shape index (κ2) is 5.76. The molecular formula is C7H14NO5+. The Balaban J connectivity index is 4.09. The summed E-state index contributed by atoms with van der Waals surface area (Å²) in [7, 11) is 0. The van der Waals surface area contributed by atoms with Gasteiger partial charge in [0.25, 0.3) is 0 Å². The number of aliphatic hydroxyl groups excluding tert-OH is 4. The molecule has 0 saturated carbocycles. The quantitative estimate of drug-likeness (QED) is 0.290. The second-order valence-electron chi connectivity index (χ2n) is 2.60.